The number of anilines is 1. The first-order chi connectivity index (χ1) is 14.6. The smallest absolute Gasteiger partial charge is 0.243 e. The first-order valence-corrected chi connectivity index (χ1v) is 13.0. The largest absolute Gasteiger partial charge is 0.325 e. The van der Waals surface area contributed by atoms with E-state index in [0.29, 0.717) is 24.7 Å². The number of carbonyl (C=O) groups excluding carboxylic acids is 1. The highest BCUT2D eigenvalue weighted by molar-refractivity contribution is 8.00. The number of aryl methyl sites for hydroxylation is 1. The molecule has 7 nitrogen and oxygen atoms in total. The van der Waals surface area contributed by atoms with Gasteiger partial charge in [0.05, 0.1) is 15.8 Å². The van der Waals surface area contributed by atoms with Gasteiger partial charge in [-0.1, -0.05) is 25.6 Å². The summed E-state index contributed by atoms with van der Waals surface area (Å²) in [5, 5.41) is 3.39. The molecule has 1 atom stereocenters. The van der Waals surface area contributed by atoms with Crippen LogP contribution in [0.3, 0.4) is 0 Å². The number of imidazole rings is 1. The molecule has 1 fully saturated rings. The lowest BCUT2D eigenvalue weighted by Gasteiger charge is -2.17. The van der Waals surface area contributed by atoms with Gasteiger partial charge in [0.25, 0.3) is 0 Å². The molecule has 9 heteroatoms. The summed E-state index contributed by atoms with van der Waals surface area (Å²) in [7, 11) is -3.45. The lowest BCUT2D eigenvalue weighted by molar-refractivity contribution is -0.115. The first-order valence-electron chi connectivity index (χ1n) is 10.7. The lowest BCUT2D eigenvalue weighted by Crippen LogP contribution is -2.28. The zero-order valence-electron chi connectivity index (χ0n) is 18.9. The Kier molecular flexibility index (Phi) is 7.49. The van der Waals surface area contributed by atoms with E-state index >= 15 is 0 Å². The van der Waals surface area contributed by atoms with Gasteiger partial charge in [-0.25, -0.2) is 13.4 Å². The van der Waals surface area contributed by atoms with Crippen LogP contribution in [0.4, 0.5) is 5.69 Å². The molecule has 1 aromatic heterocycles. The highest BCUT2D eigenvalue weighted by Gasteiger charge is 2.27. The monoisotopic (exact) mass is 464 g/mol. The van der Waals surface area contributed by atoms with Crippen LogP contribution in [0, 0.1) is 19.8 Å². The second-order valence-corrected chi connectivity index (χ2v) is 11.7. The normalized spacial score (nSPS) is 16.1. The highest BCUT2D eigenvalue weighted by Crippen LogP contribution is 2.27. The van der Waals surface area contributed by atoms with Crippen molar-refractivity contribution < 1.29 is 13.2 Å². The molecule has 0 spiro atoms. The van der Waals surface area contributed by atoms with Crippen molar-refractivity contribution in [2.24, 2.45) is 5.92 Å². The summed E-state index contributed by atoms with van der Waals surface area (Å²) in [6, 6.07) is 6.41. The Bertz CT molecular complexity index is 1020. The van der Waals surface area contributed by atoms with Gasteiger partial charge in [-0.15, -0.1) is 0 Å². The van der Waals surface area contributed by atoms with E-state index in [1.54, 1.807) is 24.3 Å². The number of sulfonamides is 1. The van der Waals surface area contributed by atoms with Gasteiger partial charge >= 0.3 is 0 Å². The minimum absolute atomic E-state index is 0.144. The third-order valence-corrected chi connectivity index (χ3v) is 8.45. The van der Waals surface area contributed by atoms with E-state index in [2.05, 4.69) is 35.6 Å². The Labute approximate surface area is 189 Å². The first kappa shape index (κ1) is 23.8. The van der Waals surface area contributed by atoms with Crippen molar-refractivity contribution in [1.82, 2.24) is 13.9 Å². The molecule has 1 aliphatic heterocycles. The van der Waals surface area contributed by atoms with Crippen LogP contribution in [0.2, 0.25) is 0 Å². The quantitative estimate of drug-likeness (QED) is 0.596. The number of benzene rings is 1. The van der Waals surface area contributed by atoms with Gasteiger partial charge < -0.3 is 9.88 Å². The van der Waals surface area contributed by atoms with Gasteiger partial charge in [0.2, 0.25) is 15.9 Å². The predicted octanol–water partition coefficient (Wildman–Crippen LogP) is 4.06. The topological polar surface area (TPSA) is 84.3 Å². The Hall–Kier alpha value is -1.84. The van der Waals surface area contributed by atoms with Gasteiger partial charge in [0.1, 0.15) is 0 Å². The van der Waals surface area contributed by atoms with Crippen molar-refractivity contribution in [3.63, 3.8) is 0 Å². The van der Waals surface area contributed by atoms with Crippen LogP contribution in [-0.4, -0.2) is 46.5 Å². The van der Waals surface area contributed by atoms with E-state index in [1.807, 2.05) is 13.8 Å². The molecule has 2 heterocycles. The van der Waals surface area contributed by atoms with Gasteiger partial charge in [-0.2, -0.15) is 4.31 Å². The molecule has 0 saturated carbocycles. The van der Waals surface area contributed by atoms with Crippen molar-refractivity contribution in [3.8, 4) is 0 Å². The Morgan fingerprint density at radius 3 is 2.32 bits per heavy atom. The van der Waals surface area contributed by atoms with Gasteiger partial charge in [0.15, 0.2) is 5.16 Å². The average molecular weight is 465 g/mol. The minimum atomic E-state index is -3.45. The molecular formula is C22H32N4O3S2. The minimum Gasteiger partial charge on any atom is -0.325 e. The fourth-order valence-electron chi connectivity index (χ4n) is 3.54. The molecule has 0 bridgehead atoms. The molecule has 170 valence electrons. The maximum atomic E-state index is 12.7. The number of rotatable bonds is 8. The molecule has 1 amide bonds. The number of aromatic nitrogens is 2. The number of hydrogen-bond acceptors (Lipinski definition) is 5. The second kappa shape index (κ2) is 9.75. The number of thioether (sulfide) groups is 1. The van der Waals surface area contributed by atoms with E-state index in [9.17, 15) is 13.2 Å². The van der Waals surface area contributed by atoms with E-state index in [0.717, 1.165) is 35.9 Å². The number of nitrogens with zero attached hydrogens (tertiary/aromatic N) is 3. The number of amides is 1. The second-order valence-electron chi connectivity index (χ2n) is 8.45. The summed E-state index contributed by atoms with van der Waals surface area (Å²) in [4.78, 5) is 17.6. The van der Waals surface area contributed by atoms with Crippen molar-refractivity contribution in [3.05, 3.63) is 35.7 Å². The van der Waals surface area contributed by atoms with Crippen LogP contribution in [0.5, 0.6) is 0 Å². The maximum absolute atomic E-state index is 12.7. The number of hydrogen-bond donors (Lipinski definition) is 1. The van der Waals surface area contributed by atoms with Gasteiger partial charge in [-0.05, 0) is 63.8 Å². The highest BCUT2D eigenvalue weighted by atomic mass is 32.2. The molecule has 1 saturated heterocycles. The third-order valence-electron chi connectivity index (χ3n) is 5.45. The molecule has 1 aromatic carbocycles. The average Bonchev–Trinajstić information content (AvgIpc) is 3.34. The SMILES string of the molecule is Cc1nc(S[C@@H](C)C(=O)Nc2ccc(S(=O)(=O)N3CCCC3)cc2)n(CC(C)C)c1C. The van der Waals surface area contributed by atoms with Crippen LogP contribution in [0.15, 0.2) is 34.3 Å². The Morgan fingerprint density at radius 2 is 1.74 bits per heavy atom. The van der Waals surface area contributed by atoms with Gasteiger partial charge in [-0.3, -0.25) is 4.79 Å². The molecule has 1 aliphatic rings. The van der Waals surface area contributed by atoms with Crippen LogP contribution in [0.1, 0.15) is 45.0 Å². The molecule has 2 aromatic rings. The molecular weight excluding hydrogens is 432 g/mol. The van der Waals surface area contributed by atoms with E-state index in [1.165, 1.54) is 16.1 Å². The van der Waals surface area contributed by atoms with Crippen molar-refractivity contribution in [1.29, 1.82) is 0 Å². The fourth-order valence-corrected chi connectivity index (χ4v) is 6.06. The van der Waals surface area contributed by atoms with Crippen LogP contribution in [0.25, 0.3) is 0 Å². The van der Waals surface area contributed by atoms with Crippen LogP contribution >= 0.6 is 11.8 Å². The number of carbonyl (C=O) groups is 1. The summed E-state index contributed by atoms with van der Waals surface area (Å²) < 4.78 is 29.0. The van der Waals surface area contributed by atoms with Crippen molar-refractivity contribution in [2.45, 2.75) is 69.3 Å². The number of nitrogens with one attached hydrogen (secondary N) is 1. The maximum Gasteiger partial charge on any atom is 0.243 e. The van der Waals surface area contributed by atoms with E-state index in [-0.39, 0.29) is 16.1 Å². The van der Waals surface area contributed by atoms with Crippen molar-refractivity contribution in [2.75, 3.05) is 18.4 Å². The zero-order valence-corrected chi connectivity index (χ0v) is 20.5. The summed E-state index contributed by atoms with van der Waals surface area (Å²) in [6.07, 6.45) is 1.80. The summed E-state index contributed by atoms with van der Waals surface area (Å²) in [5.41, 5.74) is 2.68. The Balaban J connectivity index is 1.66. The third kappa shape index (κ3) is 5.51. The summed E-state index contributed by atoms with van der Waals surface area (Å²) in [5.74, 6) is 0.334. The Morgan fingerprint density at radius 1 is 1.13 bits per heavy atom. The standard InChI is InChI=1S/C22H32N4O3S2/c1-15(2)14-26-17(4)16(3)23-22(26)30-18(5)21(27)24-19-8-10-20(11-9-19)31(28,29)25-12-6-7-13-25/h8-11,15,18H,6-7,12-14H2,1-5H3,(H,24,27)/t18-/m0/s1. The molecule has 3 rings (SSSR count). The van der Waals surface area contributed by atoms with Crippen LogP contribution in [-0.2, 0) is 21.4 Å². The summed E-state index contributed by atoms with van der Waals surface area (Å²) >= 11 is 1.44. The lowest BCUT2D eigenvalue weighted by atomic mass is 10.2. The van der Waals surface area contributed by atoms with Crippen LogP contribution < -0.4 is 5.32 Å². The molecule has 31 heavy (non-hydrogen) atoms. The van der Waals surface area contributed by atoms with Gasteiger partial charge in [0, 0.05) is 31.0 Å². The predicted molar refractivity (Wildman–Crippen MR) is 125 cm³/mol. The van der Waals surface area contributed by atoms with E-state index < -0.39 is 10.0 Å². The molecule has 0 aliphatic carbocycles. The summed E-state index contributed by atoms with van der Waals surface area (Å²) in [6.45, 7) is 12.2. The zero-order chi connectivity index (χ0) is 22.8. The fraction of sp³-hybridized carbons (Fsp3) is 0.545. The van der Waals surface area contributed by atoms with Crippen molar-refractivity contribution >= 4 is 33.4 Å². The molecule has 1 N–H and O–H groups in total. The molecule has 0 unspecified atom stereocenters. The molecule has 0 radical (unpaired) electrons. The van der Waals surface area contributed by atoms with E-state index in [4.69, 9.17) is 0 Å².